The summed E-state index contributed by atoms with van der Waals surface area (Å²) in [5.74, 6) is 1.18. The van der Waals surface area contributed by atoms with E-state index in [9.17, 15) is 4.79 Å². The second-order valence-corrected chi connectivity index (χ2v) is 3.22. The first-order valence-corrected chi connectivity index (χ1v) is 4.74. The molecule has 0 aromatic carbocycles. The Bertz CT molecular complexity index is 336. The van der Waals surface area contributed by atoms with E-state index >= 15 is 0 Å². The Morgan fingerprint density at radius 2 is 2.21 bits per heavy atom. The molecule has 0 aliphatic rings. The monoisotopic (exact) mass is 193 g/mol. The van der Waals surface area contributed by atoms with Crippen molar-refractivity contribution in [3.05, 3.63) is 17.6 Å². The van der Waals surface area contributed by atoms with Gasteiger partial charge >= 0.3 is 0 Å². The number of carbonyl (C=O) groups is 1. The Kier molecular flexibility index (Phi) is 3.56. The van der Waals surface area contributed by atoms with E-state index in [1.54, 1.807) is 0 Å². The van der Waals surface area contributed by atoms with E-state index in [-0.39, 0.29) is 5.91 Å². The average molecular weight is 193 g/mol. The topological polar surface area (TPSA) is 54.9 Å². The Hall–Kier alpha value is -1.45. The molecule has 0 bridgehead atoms. The number of hydrogen-bond donors (Lipinski definition) is 1. The number of anilines is 1. The number of hydrogen-bond acceptors (Lipinski definition) is 3. The van der Waals surface area contributed by atoms with Crippen LogP contribution < -0.4 is 5.32 Å². The van der Waals surface area contributed by atoms with E-state index in [4.69, 9.17) is 0 Å². The number of carbonyl (C=O) groups excluding carboxylic acids is 1. The molecule has 0 fully saturated rings. The molecule has 0 spiro atoms. The normalized spacial score (nSPS) is 9.93. The Balaban J connectivity index is 2.88. The fraction of sp³-hybridized carbons (Fsp3) is 0.500. The van der Waals surface area contributed by atoms with Gasteiger partial charge in [0.05, 0.1) is 0 Å². The van der Waals surface area contributed by atoms with Crippen molar-refractivity contribution in [3.8, 4) is 0 Å². The minimum atomic E-state index is -0.106. The fourth-order valence-corrected chi connectivity index (χ4v) is 1.26. The van der Waals surface area contributed by atoms with Crippen molar-refractivity contribution in [2.75, 3.05) is 5.32 Å². The molecule has 14 heavy (non-hydrogen) atoms. The molecule has 1 aromatic heterocycles. The van der Waals surface area contributed by atoms with Crippen LogP contribution in [0.15, 0.2) is 6.07 Å². The van der Waals surface area contributed by atoms with Crippen LogP contribution in [0.25, 0.3) is 0 Å². The molecule has 0 saturated carbocycles. The molecule has 1 rings (SSSR count). The molecule has 0 saturated heterocycles. The van der Waals surface area contributed by atoms with Gasteiger partial charge in [0.15, 0.2) is 0 Å². The van der Waals surface area contributed by atoms with Crippen LogP contribution in [0.5, 0.6) is 0 Å². The van der Waals surface area contributed by atoms with E-state index in [0.29, 0.717) is 11.6 Å². The maximum Gasteiger partial charge on any atom is 0.222 e. The fourth-order valence-electron chi connectivity index (χ4n) is 1.26. The maximum atomic E-state index is 10.8. The SMILES string of the molecule is CCCc1cc(NC(C)=O)nc(C)n1. The highest BCUT2D eigenvalue weighted by molar-refractivity contribution is 5.87. The predicted molar refractivity (Wildman–Crippen MR) is 55.1 cm³/mol. The molecule has 0 radical (unpaired) electrons. The van der Waals surface area contributed by atoms with E-state index in [1.807, 2.05) is 13.0 Å². The quantitative estimate of drug-likeness (QED) is 0.794. The highest BCUT2D eigenvalue weighted by Crippen LogP contribution is 2.08. The van der Waals surface area contributed by atoms with Crippen molar-refractivity contribution in [2.45, 2.75) is 33.6 Å². The number of rotatable bonds is 3. The lowest BCUT2D eigenvalue weighted by atomic mass is 10.2. The van der Waals surface area contributed by atoms with Gasteiger partial charge in [0.1, 0.15) is 11.6 Å². The van der Waals surface area contributed by atoms with Gasteiger partial charge in [-0.3, -0.25) is 4.79 Å². The number of amides is 1. The first-order chi connectivity index (χ1) is 6.61. The van der Waals surface area contributed by atoms with E-state index in [1.165, 1.54) is 6.92 Å². The van der Waals surface area contributed by atoms with Gasteiger partial charge in [-0.05, 0) is 13.3 Å². The predicted octanol–water partition coefficient (Wildman–Crippen LogP) is 1.70. The van der Waals surface area contributed by atoms with Crippen molar-refractivity contribution >= 4 is 11.7 Å². The van der Waals surface area contributed by atoms with Crippen molar-refractivity contribution in [1.29, 1.82) is 0 Å². The summed E-state index contributed by atoms with van der Waals surface area (Å²) in [7, 11) is 0. The second-order valence-electron chi connectivity index (χ2n) is 3.22. The summed E-state index contributed by atoms with van der Waals surface area (Å²) in [6, 6.07) is 1.82. The second kappa shape index (κ2) is 4.69. The first-order valence-electron chi connectivity index (χ1n) is 4.74. The van der Waals surface area contributed by atoms with Crippen molar-refractivity contribution in [3.63, 3.8) is 0 Å². The number of nitrogens with one attached hydrogen (secondary N) is 1. The van der Waals surface area contributed by atoms with Gasteiger partial charge in [-0.25, -0.2) is 9.97 Å². The highest BCUT2D eigenvalue weighted by atomic mass is 16.1. The van der Waals surface area contributed by atoms with Crippen molar-refractivity contribution in [1.82, 2.24) is 9.97 Å². The van der Waals surface area contributed by atoms with Crippen LogP contribution >= 0.6 is 0 Å². The molecule has 0 unspecified atom stereocenters. The van der Waals surface area contributed by atoms with E-state index < -0.39 is 0 Å². The molecule has 4 heteroatoms. The van der Waals surface area contributed by atoms with Crippen molar-refractivity contribution < 1.29 is 4.79 Å². The highest BCUT2D eigenvalue weighted by Gasteiger charge is 2.02. The largest absolute Gasteiger partial charge is 0.311 e. The van der Waals surface area contributed by atoms with Gasteiger partial charge in [-0.2, -0.15) is 0 Å². The summed E-state index contributed by atoms with van der Waals surface area (Å²) < 4.78 is 0. The molecule has 1 heterocycles. The van der Waals surface area contributed by atoms with Crippen LogP contribution in [0.4, 0.5) is 5.82 Å². The molecule has 1 N–H and O–H groups in total. The van der Waals surface area contributed by atoms with Gasteiger partial charge < -0.3 is 5.32 Å². The zero-order valence-corrected chi connectivity index (χ0v) is 8.79. The molecule has 0 aliphatic heterocycles. The van der Waals surface area contributed by atoms with Gasteiger partial charge in [0.2, 0.25) is 5.91 Å². The molecule has 0 atom stereocenters. The van der Waals surface area contributed by atoms with Crippen LogP contribution in [0.1, 0.15) is 31.8 Å². The molecule has 0 aliphatic carbocycles. The Morgan fingerprint density at radius 1 is 1.50 bits per heavy atom. The lowest BCUT2D eigenvalue weighted by Crippen LogP contribution is -2.09. The molecular weight excluding hydrogens is 178 g/mol. The zero-order chi connectivity index (χ0) is 10.6. The van der Waals surface area contributed by atoms with Gasteiger partial charge in [0.25, 0.3) is 0 Å². The number of aryl methyl sites for hydroxylation is 2. The minimum absolute atomic E-state index is 0.106. The Labute approximate surface area is 83.8 Å². The summed E-state index contributed by atoms with van der Waals surface area (Å²) in [5, 5.41) is 2.65. The van der Waals surface area contributed by atoms with Crippen LogP contribution in [-0.2, 0) is 11.2 Å². The number of aromatic nitrogens is 2. The maximum absolute atomic E-state index is 10.8. The van der Waals surface area contributed by atoms with Crippen molar-refractivity contribution in [2.24, 2.45) is 0 Å². The minimum Gasteiger partial charge on any atom is -0.311 e. The molecular formula is C10H15N3O. The summed E-state index contributed by atoms with van der Waals surface area (Å²) in [5.41, 5.74) is 0.976. The van der Waals surface area contributed by atoms with Crippen LogP contribution in [-0.4, -0.2) is 15.9 Å². The van der Waals surface area contributed by atoms with Crippen LogP contribution in [0.3, 0.4) is 0 Å². The molecule has 1 aromatic rings. The average Bonchev–Trinajstić information content (AvgIpc) is 2.01. The first kappa shape index (κ1) is 10.6. The van der Waals surface area contributed by atoms with Crippen LogP contribution in [0, 0.1) is 6.92 Å². The molecule has 4 nitrogen and oxygen atoms in total. The van der Waals surface area contributed by atoms with Gasteiger partial charge in [-0.15, -0.1) is 0 Å². The Morgan fingerprint density at radius 3 is 2.79 bits per heavy atom. The van der Waals surface area contributed by atoms with E-state index in [0.717, 1.165) is 18.5 Å². The molecule has 1 amide bonds. The van der Waals surface area contributed by atoms with Crippen LogP contribution in [0.2, 0.25) is 0 Å². The lowest BCUT2D eigenvalue weighted by molar-refractivity contribution is -0.114. The smallest absolute Gasteiger partial charge is 0.222 e. The summed E-state index contributed by atoms with van der Waals surface area (Å²) in [6.07, 6.45) is 1.95. The zero-order valence-electron chi connectivity index (χ0n) is 8.79. The van der Waals surface area contributed by atoms with E-state index in [2.05, 4.69) is 22.2 Å². The van der Waals surface area contributed by atoms with Gasteiger partial charge in [0, 0.05) is 18.7 Å². The summed E-state index contributed by atoms with van der Waals surface area (Å²) in [6.45, 7) is 5.39. The third-order valence-electron chi connectivity index (χ3n) is 1.70. The summed E-state index contributed by atoms with van der Waals surface area (Å²) in [4.78, 5) is 19.2. The standard InChI is InChI=1S/C10H15N3O/c1-4-5-9-6-10(13-8(3)14)12-7(2)11-9/h6H,4-5H2,1-3H3,(H,11,12,13,14). The third-order valence-corrected chi connectivity index (χ3v) is 1.70. The molecule has 76 valence electrons. The summed E-state index contributed by atoms with van der Waals surface area (Å²) >= 11 is 0. The third kappa shape index (κ3) is 3.12. The number of nitrogens with zero attached hydrogens (tertiary/aromatic N) is 2. The lowest BCUT2D eigenvalue weighted by Gasteiger charge is -2.04. The van der Waals surface area contributed by atoms with Gasteiger partial charge in [-0.1, -0.05) is 13.3 Å².